The minimum Gasteiger partial charge on any atom is -0.413 e. The molecule has 2 nitrogen and oxygen atoms in total. The van der Waals surface area contributed by atoms with Crippen molar-refractivity contribution in [2.75, 3.05) is 13.2 Å². The van der Waals surface area contributed by atoms with Gasteiger partial charge in [0.1, 0.15) is 0 Å². The van der Waals surface area contributed by atoms with E-state index in [1.54, 1.807) is 0 Å². The zero-order valence-corrected chi connectivity index (χ0v) is 15.9. The average molecular weight is 311 g/mol. The van der Waals surface area contributed by atoms with Crippen molar-refractivity contribution < 1.29 is 9.16 Å². The third-order valence-electron chi connectivity index (χ3n) is 4.96. The van der Waals surface area contributed by atoms with Crippen molar-refractivity contribution in [1.29, 1.82) is 0 Å². The monoisotopic (exact) mass is 310 g/mol. The molecule has 0 N–H and O–H groups in total. The van der Waals surface area contributed by atoms with Crippen molar-refractivity contribution in [3.63, 3.8) is 0 Å². The zero-order valence-electron chi connectivity index (χ0n) is 14.9. The van der Waals surface area contributed by atoms with Gasteiger partial charge in [-0.05, 0) is 54.5 Å². The van der Waals surface area contributed by atoms with Crippen molar-refractivity contribution in [1.82, 2.24) is 0 Å². The first-order chi connectivity index (χ1) is 9.53. The van der Waals surface area contributed by atoms with Crippen molar-refractivity contribution in [3.05, 3.63) is 24.3 Å². The lowest BCUT2D eigenvalue weighted by Gasteiger charge is -2.36. The lowest BCUT2D eigenvalue weighted by molar-refractivity contribution is 0.0604. The van der Waals surface area contributed by atoms with Gasteiger partial charge >= 0.3 is 0 Å². The summed E-state index contributed by atoms with van der Waals surface area (Å²) in [5.41, 5.74) is 2.28. The average Bonchev–Trinajstić information content (AvgIpc) is 2.36. The van der Waals surface area contributed by atoms with Crippen LogP contribution in [0.25, 0.3) is 0 Å². The lowest BCUT2D eigenvalue weighted by Crippen LogP contribution is -2.41. The quantitative estimate of drug-likeness (QED) is 0.488. The Hall–Kier alpha value is -0.383. The fourth-order valence-electron chi connectivity index (χ4n) is 2.19. The van der Waals surface area contributed by atoms with Crippen molar-refractivity contribution in [3.8, 4) is 0 Å². The highest BCUT2D eigenvalue weighted by molar-refractivity contribution is 6.74. The Kier molecular flexibility index (Phi) is 6.45. The Morgan fingerprint density at radius 1 is 1.29 bits per heavy atom. The molecule has 0 unspecified atom stereocenters. The summed E-state index contributed by atoms with van der Waals surface area (Å²) in [5.74, 6) is 0.734. The first-order valence-corrected chi connectivity index (χ1v) is 11.0. The molecule has 3 heteroatoms. The van der Waals surface area contributed by atoms with Gasteiger partial charge < -0.3 is 9.16 Å². The Morgan fingerprint density at radius 2 is 1.90 bits per heavy atom. The fourth-order valence-corrected chi connectivity index (χ4v) is 3.19. The minimum atomic E-state index is -1.69. The van der Waals surface area contributed by atoms with E-state index in [4.69, 9.17) is 9.16 Å². The predicted octanol–water partition coefficient (Wildman–Crippen LogP) is 5.33. The maximum Gasteiger partial charge on any atom is 0.192 e. The fraction of sp³-hybridized carbons (Fsp3) is 0.778. The van der Waals surface area contributed by atoms with Crippen molar-refractivity contribution in [2.24, 2.45) is 5.92 Å². The van der Waals surface area contributed by atoms with Crippen molar-refractivity contribution in [2.45, 2.75) is 71.2 Å². The molecule has 0 saturated heterocycles. The summed E-state index contributed by atoms with van der Waals surface area (Å²) >= 11 is 0. The van der Waals surface area contributed by atoms with E-state index in [0.29, 0.717) is 13.2 Å². The zero-order chi connectivity index (χ0) is 16.3. The predicted molar refractivity (Wildman–Crippen MR) is 94.2 cm³/mol. The summed E-state index contributed by atoms with van der Waals surface area (Å²) < 4.78 is 12.2. The van der Waals surface area contributed by atoms with Gasteiger partial charge in [0.2, 0.25) is 0 Å². The van der Waals surface area contributed by atoms with E-state index in [-0.39, 0.29) is 11.1 Å². The molecule has 0 amide bonds. The van der Waals surface area contributed by atoms with Crippen molar-refractivity contribution >= 4 is 8.32 Å². The topological polar surface area (TPSA) is 18.5 Å². The molecule has 0 radical (unpaired) electrons. The second-order valence-electron chi connectivity index (χ2n) is 8.14. The first kappa shape index (κ1) is 18.7. The van der Waals surface area contributed by atoms with Gasteiger partial charge in [-0.3, -0.25) is 0 Å². The van der Waals surface area contributed by atoms with Crippen LogP contribution >= 0.6 is 0 Å². The molecule has 21 heavy (non-hydrogen) atoms. The summed E-state index contributed by atoms with van der Waals surface area (Å²) in [6.07, 6.45) is 3.64. The summed E-state index contributed by atoms with van der Waals surface area (Å²) in [6, 6.07) is 0. The summed E-state index contributed by atoms with van der Waals surface area (Å²) in [7, 11) is -1.69. The SMILES string of the molecule is C=C(CO[C@@H]1C[C@H](C)CCC1=C)CO[Si](C)(C)C(C)(C)C. The molecule has 0 aromatic carbocycles. The molecule has 0 aromatic heterocycles. The third-order valence-corrected chi connectivity index (χ3v) is 9.44. The van der Waals surface area contributed by atoms with Gasteiger partial charge in [-0.15, -0.1) is 0 Å². The molecular weight excluding hydrogens is 276 g/mol. The van der Waals surface area contributed by atoms with Crippen LogP contribution in [0.15, 0.2) is 24.3 Å². The largest absolute Gasteiger partial charge is 0.413 e. The van der Waals surface area contributed by atoms with Crippen LogP contribution in [0.3, 0.4) is 0 Å². The summed E-state index contributed by atoms with van der Waals surface area (Å²) in [4.78, 5) is 0. The van der Waals surface area contributed by atoms with E-state index < -0.39 is 8.32 Å². The number of hydrogen-bond donors (Lipinski definition) is 0. The van der Waals surface area contributed by atoms with Gasteiger partial charge in [0, 0.05) is 0 Å². The summed E-state index contributed by atoms with van der Waals surface area (Å²) in [5, 5.41) is 0.237. The Bertz CT molecular complexity index is 379. The van der Waals surface area contributed by atoms with E-state index in [1.165, 1.54) is 12.0 Å². The van der Waals surface area contributed by atoms with E-state index in [1.807, 2.05) is 0 Å². The van der Waals surface area contributed by atoms with Gasteiger partial charge in [-0.25, -0.2) is 0 Å². The van der Waals surface area contributed by atoms with E-state index in [2.05, 4.69) is 53.9 Å². The standard InChI is InChI=1S/C18H34O2Si/c1-14-9-10-16(3)17(11-14)19-12-15(2)13-20-21(7,8)18(4,5)6/h14,17H,2-3,9-13H2,1,4-8H3/t14-,17-/m1/s1. The van der Waals surface area contributed by atoms with Crippen LogP contribution in [0.1, 0.15) is 47.0 Å². The number of hydrogen-bond acceptors (Lipinski definition) is 2. The van der Waals surface area contributed by atoms with E-state index in [0.717, 1.165) is 24.3 Å². The Balaban J connectivity index is 2.36. The maximum absolute atomic E-state index is 6.18. The molecule has 1 fully saturated rings. The highest BCUT2D eigenvalue weighted by atomic mass is 28.4. The number of ether oxygens (including phenoxy) is 1. The molecule has 0 aromatic rings. The van der Waals surface area contributed by atoms with Crippen LogP contribution in [-0.2, 0) is 9.16 Å². The van der Waals surface area contributed by atoms with Crippen LogP contribution in [-0.4, -0.2) is 27.6 Å². The first-order valence-electron chi connectivity index (χ1n) is 8.13. The van der Waals surface area contributed by atoms with Gasteiger partial charge in [0.15, 0.2) is 8.32 Å². The minimum absolute atomic E-state index is 0.207. The van der Waals surface area contributed by atoms with Crippen LogP contribution < -0.4 is 0 Å². The highest BCUT2D eigenvalue weighted by Crippen LogP contribution is 2.36. The Labute approximate surface area is 132 Å². The van der Waals surface area contributed by atoms with Gasteiger partial charge in [-0.2, -0.15) is 0 Å². The van der Waals surface area contributed by atoms with E-state index >= 15 is 0 Å². The van der Waals surface area contributed by atoms with Crippen LogP contribution in [0.5, 0.6) is 0 Å². The highest BCUT2D eigenvalue weighted by Gasteiger charge is 2.37. The third kappa shape index (κ3) is 5.72. The van der Waals surface area contributed by atoms with E-state index in [9.17, 15) is 0 Å². The van der Waals surface area contributed by atoms with Gasteiger partial charge in [0.25, 0.3) is 0 Å². The molecule has 0 heterocycles. The molecule has 122 valence electrons. The maximum atomic E-state index is 6.18. The van der Waals surface area contributed by atoms with Gasteiger partial charge in [0.05, 0.1) is 19.3 Å². The van der Waals surface area contributed by atoms with Crippen LogP contribution in [0.2, 0.25) is 18.1 Å². The molecule has 0 bridgehead atoms. The molecule has 2 atom stereocenters. The number of rotatable bonds is 6. The molecule has 1 aliphatic carbocycles. The molecule has 0 aliphatic heterocycles. The molecule has 1 saturated carbocycles. The molecular formula is C18H34O2Si. The lowest BCUT2D eigenvalue weighted by atomic mass is 9.85. The molecule has 0 spiro atoms. The van der Waals surface area contributed by atoms with Gasteiger partial charge in [-0.1, -0.05) is 40.9 Å². The Morgan fingerprint density at radius 3 is 2.48 bits per heavy atom. The molecule has 1 rings (SSSR count). The molecule has 1 aliphatic rings. The smallest absolute Gasteiger partial charge is 0.192 e. The second-order valence-corrected chi connectivity index (χ2v) is 12.9. The normalized spacial score (nSPS) is 24.2. The second kappa shape index (κ2) is 7.25. The summed E-state index contributed by atoms with van der Waals surface area (Å²) in [6.45, 7) is 23.1. The van der Waals surface area contributed by atoms with Crippen LogP contribution in [0, 0.1) is 5.92 Å². The van der Waals surface area contributed by atoms with Crippen LogP contribution in [0.4, 0.5) is 0 Å².